The summed E-state index contributed by atoms with van der Waals surface area (Å²) in [6.45, 7) is 27.2. The van der Waals surface area contributed by atoms with E-state index in [0.717, 1.165) is 0 Å². The second-order valence-corrected chi connectivity index (χ2v) is 44.6. The molecule has 1 aliphatic rings. The van der Waals surface area contributed by atoms with Crippen molar-refractivity contribution in [2.24, 2.45) is 4.41 Å². The Hall–Kier alpha value is -0.932. The van der Waals surface area contributed by atoms with Crippen molar-refractivity contribution in [3.63, 3.8) is 0 Å². The molecule has 0 bridgehead atoms. The maximum absolute atomic E-state index is 6.29. The molecule has 1 aliphatic heterocycles. The third-order valence-corrected chi connectivity index (χ3v) is 41.0. The van der Waals surface area contributed by atoms with Gasteiger partial charge in [-0.15, -0.1) is 0 Å². The molecule has 3 aromatic carbocycles. The van der Waals surface area contributed by atoms with Crippen LogP contribution in [0, 0.1) is 0 Å². The predicted octanol–water partition coefficient (Wildman–Crippen LogP) is 9.18. The van der Waals surface area contributed by atoms with Crippen molar-refractivity contribution in [2.45, 2.75) is 78.6 Å². The molecule has 0 amide bonds. The summed E-state index contributed by atoms with van der Waals surface area (Å²) in [5.41, 5.74) is 0. The molecule has 1 unspecified atom stereocenters. The summed E-state index contributed by atoms with van der Waals surface area (Å²) in [5.74, 6) is 0. The van der Waals surface area contributed by atoms with Crippen LogP contribution in [0.15, 0.2) is 95.4 Å². The van der Waals surface area contributed by atoms with E-state index in [1.54, 1.807) is 0 Å². The third-order valence-electron chi connectivity index (χ3n) is 7.88. The van der Waals surface area contributed by atoms with Crippen molar-refractivity contribution in [3.8, 4) is 0 Å². The summed E-state index contributed by atoms with van der Waals surface area (Å²) in [7, 11) is -7.54. The van der Waals surface area contributed by atoms with Gasteiger partial charge >= 0.3 is 257 Å². The van der Waals surface area contributed by atoms with Gasteiger partial charge in [-0.2, -0.15) is 0 Å². The van der Waals surface area contributed by atoms with Crippen molar-refractivity contribution >= 4 is 63.3 Å². The van der Waals surface area contributed by atoms with E-state index in [1.165, 1.54) is 15.9 Å². The molecular formula is C31H54N4P2Si4. The molecule has 0 aliphatic carbocycles. The Morgan fingerprint density at radius 3 is 1.12 bits per heavy atom. The summed E-state index contributed by atoms with van der Waals surface area (Å²) in [4.78, 5) is 0. The predicted molar refractivity (Wildman–Crippen MR) is 199 cm³/mol. The molecule has 0 N–H and O–H groups in total. The van der Waals surface area contributed by atoms with Crippen LogP contribution in [-0.2, 0) is 0 Å². The van der Waals surface area contributed by atoms with Gasteiger partial charge in [0.25, 0.3) is 0 Å². The Labute approximate surface area is 255 Å². The number of rotatable bonds is 8. The molecule has 1 saturated heterocycles. The molecule has 0 spiro atoms. The average molecular weight is 657 g/mol. The van der Waals surface area contributed by atoms with E-state index in [9.17, 15) is 0 Å². The van der Waals surface area contributed by atoms with Gasteiger partial charge in [-0.1, -0.05) is 0 Å². The molecule has 41 heavy (non-hydrogen) atoms. The monoisotopic (exact) mass is 656 g/mol. The Kier molecular flexibility index (Phi) is 8.53. The second kappa shape index (κ2) is 10.6. The van der Waals surface area contributed by atoms with Crippen molar-refractivity contribution in [1.82, 2.24) is 12.5 Å². The van der Waals surface area contributed by atoms with Gasteiger partial charge < -0.3 is 0 Å². The quantitative estimate of drug-likeness (QED) is 0.178. The minimum atomic E-state index is -3.38. The van der Waals surface area contributed by atoms with E-state index >= 15 is 0 Å². The zero-order valence-electron chi connectivity index (χ0n) is 27.8. The molecule has 0 aromatic heterocycles. The maximum atomic E-state index is 6.29. The van der Waals surface area contributed by atoms with Crippen LogP contribution in [0.5, 0.6) is 0 Å². The van der Waals surface area contributed by atoms with E-state index in [-0.39, 0.29) is 0 Å². The standard InChI is InChI=1S/C31H54N4P2Si4/c1-33-36(32-38(2,3)4,35(40(8,9)10)41(11,12)13)34(39(5,6)7)37(33,29-23-17-14-18-24-29,30-25-19-15-20-26-30)31-27-21-16-22-28-31/h14-28H,1-13H3. The zero-order chi connectivity index (χ0) is 30.7. The molecule has 3 aromatic rings. The molecule has 1 heterocycles. The van der Waals surface area contributed by atoms with Crippen LogP contribution in [0.25, 0.3) is 0 Å². The van der Waals surface area contributed by atoms with Crippen molar-refractivity contribution in [2.75, 3.05) is 7.05 Å². The molecule has 4 nitrogen and oxygen atoms in total. The fourth-order valence-electron chi connectivity index (χ4n) is 7.66. The summed E-state index contributed by atoms with van der Waals surface area (Å²) < 4.78 is 15.6. The number of hydrogen-bond acceptors (Lipinski definition) is 1. The van der Waals surface area contributed by atoms with E-state index in [1.807, 2.05) is 0 Å². The van der Waals surface area contributed by atoms with Crippen LogP contribution in [0.3, 0.4) is 0 Å². The normalized spacial score (nSPS) is 22.9. The molecule has 0 saturated carbocycles. The molecular weight excluding hydrogens is 603 g/mol. The molecule has 4 rings (SSSR count). The first-order chi connectivity index (χ1) is 18.8. The van der Waals surface area contributed by atoms with Gasteiger partial charge in [0.1, 0.15) is 0 Å². The number of hydrogen-bond donors (Lipinski definition) is 0. The average Bonchev–Trinajstić information content (AvgIpc) is 2.85. The SMILES string of the molecule is CN1P(=N[Si](C)(C)C)(N([Si](C)(C)C)[Si](C)(C)C)N([Si](C)(C)C)P1(c1ccccc1)(c1ccccc1)c1ccccc1. The van der Waals surface area contributed by atoms with Crippen LogP contribution in [0.2, 0.25) is 78.6 Å². The van der Waals surface area contributed by atoms with Gasteiger partial charge in [0, 0.05) is 0 Å². The fraction of sp³-hybridized carbons (Fsp3) is 0.419. The fourth-order valence-corrected chi connectivity index (χ4v) is 54.2. The zero-order valence-corrected chi connectivity index (χ0v) is 33.6. The van der Waals surface area contributed by atoms with Crippen molar-refractivity contribution < 1.29 is 0 Å². The van der Waals surface area contributed by atoms with Gasteiger partial charge in [-0.3, -0.25) is 0 Å². The first-order valence-electron chi connectivity index (χ1n) is 14.9. The third kappa shape index (κ3) is 4.86. The Morgan fingerprint density at radius 2 is 0.878 bits per heavy atom. The van der Waals surface area contributed by atoms with Gasteiger partial charge in [-0.25, -0.2) is 0 Å². The van der Waals surface area contributed by atoms with Crippen LogP contribution in [-0.4, -0.2) is 52.5 Å². The van der Waals surface area contributed by atoms with Crippen molar-refractivity contribution in [1.29, 1.82) is 0 Å². The minimum absolute atomic E-state index is 1.44. The summed E-state index contributed by atoms with van der Waals surface area (Å²) in [5, 5.41) is 4.31. The summed E-state index contributed by atoms with van der Waals surface area (Å²) in [6, 6.07) is 34.7. The Bertz CT molecular complexity index is 1310. The van der Waals surface area contributed by atoms with Crippen molar-refractivity contribution in [3.05, 3.63) is 91.0 Å². The van der Waals surface area contributed by atoms with Gasteiger partial charge in [0.05, 0.1) is 0 Å². The summed E-state index contributed by atoms with van der Waals surface area (Å²) >= 11 is 0. The molecule has 1 atom stereocenters. The Morgan fingerprint density at radius 1 is 0.561 bits per heavy atom. The first-order valence-corrected chi connectivity index (χ1v) is 32.5. The number of benzene rings is 3. The summed E-state index contributed by atoms with van der Waals surface area (Å²) in [6.07, 6.45) is 0. The van der Waals surface area contributed by atoms with E-state index in [0.29, 0.717) is 0 Å². The molecule has 1 fully saturated rings. The van der Waals surface area contributed by atoms with Crippen LogP contribution in [0.1, 0.15) is 0 Å². The van der Waals surface area contributed by atoms with E-state index in [4.69, 9.17) is 4.41 Å². The second-order valence-electron chi connectivity index (χ2n) is 15.4. The van der Waals surface area contributed by atoms with Gasteiger partial charge in [0.15, 0.2) is 0 Å². The van der Waals surface area contributed by atoms with E-state index < -0.39 is 47.4 Å². The molecule has 0 radical (unpaired) electrons. The first kappa shape index (κ1) is 33.0. The van der Waals surface area contributed by atoms with Gasteiger partial charge in [-0.05, 0) is 0 Å². The van der Waals surface area contributed by atoms with E-state index in [2.05, 4.69) is 189 Å². The van der Waals surface area contributed by atoms with Crippen LogP contribution < -0.4 is 15.9 Å². The van der Waals surface area contributed by atoms with Crippen LogP contribution in [0.4, 0.5) is 0 Å². The molecule has 224 valence electrons. The van der Waals surface area contributed by atoms with Crippen LogP contribution >= 0.6 is 14.4 Å². The topological polar surface area (TPSA) is 22.1 Å². The Balaban J connectivity index is 2.41. The molecule has 10 heteroatoms. The number of nitrogens with zero attached hydrogens (tertiary/aromatic N) is 4. The van der Waals surface area contributed by atoms with Gasteiger partial charge in [0.2, 0.25) is 0 Å².